The lowest BCUT2D eigenvalue weighted by atomic mass is 10.00. The standard InChI is InChI=1S/C18H29N3O5/c1-24-16-6-4-5-13(9-16)7-8-21-11-14(19-17(22)25-2)10-15(12-21)20-18(23)26-3/h4-6,9,14-15,17,19,22H,7-8,10-12H2,1-3H3,(H,20,23). The van der Waals surface area contributed by atoms with Crippen LogP contribution < -0.4 is 15.4 Å². The highest BCUT2D eigenvalue weighted by atomic mass is 16.6. The zero-order valence-electron chi connectivity index (χ0n) is 15.6. The third kappa shape index (κ3) is 6.45. The number of aliphatic hydroxyl groups is 1. The number of alkyl carbamates (subject to hydrolysis) is 1. The quantitative estimate of drug-likeness (QED) is 0.578. The van der Waals surface area contributed by atoms with Crippen molar-refractivity contribution in [3.8, 4) is 5.75 Å². The number of nitrogens with zero attached hydrogens (tertiary/aromatic N) is 1. The Balaban J connectivity index is 1.96. The van der Waals surface area contributed by atoms with Crippen LogP contribution in [-0.2, 0) is 15.9 Å². The van der Waals surface area contributed by atoms with Crippen LogP contribution in [0.2, 0.25) is 0 Å². The van der Waals surface area contributed by atoms with E-state index in [-0.39, 0.29) is 12.1 Å². The Hall–Kier alpha value is -1.87. The molecule has 3 N–H and O–H groups in total. The minimum Gasteiger partial charge on any atom is -0.497 e. The molecular formula is C18H29N3O5. The van der Waals surface area contributed by atoms with Gasteiger partial charge in [-0.15, -0.1) is 0 Å². The van der Waals surface area contributed by atoms with E-state index < -0.39 is 12.5 Å². The number of piperidine rings is 1. The van der Waals surface area contributed by atoms with E-state index in [1.54, 1.807) is 7.11 Å². The number of hydrogen-bond donors (Lipinski definition) is 3. The number of ether oxygens (including phenoxy) is 3. The Labute approximate surface area is 154 Å². The number of likely N-dealkylation sites (tertiary alicyclic amines) is 1. The van der Waals surface area contributed by atoms with Crippen molar-refractivity contribution in [3.05, 3.63) is 29.8 Å². The van der Waals surface area contributed by atoms with E-state index in [4.69, 9.17) is 14.2 Å². The van der Waals surface area contributed by atoms with E-state index in [9.17, 15) is 9.90 Å². The van der Waals surface area contributed by atoms with Crippen LogP contribution in [-0.4, -0.2) is 75.6 Å². The lowest BCUT2D eigenvalue weighted by Gasteiger charge is -2.38. The van der Waals surface area contributed by atoms with Gasteiger partial charge in [0.1, 0.15) is 5.75 Å². The molecule has 0 aliphatic carbocycles. The predicted octanol–water partition coefficient (Wildman–Crippen LogP) is 0.549. The molecule has 26 heavy (non-hydrogen) atoms. The molecule has 8 nitrogen and oxygen atoms in total. The van der Waals surface area contributed by atoms with Crippen LogP contribution in [0.4, 0.5) is 4.79 Å². The van der Waals surface area contributed by atoms with Crippen LogP contribution in [0.15, 0.2) is 24.3 Å². The molecule has 8 heteroatoms. The molecule has 0 saturated carbocycles. The second kappa shape index (κ2) is 10.3. The molecule has 1 aromatic carbocycles. The van der Waals surface area contributed by atoms with Gasteiger partial charge in [-0.25, -0.2) is 4.79 Å². The van der Waals surface area contributed by atoms with Gasteiger partial charge < -0.3 is 24.6 Å². The van der Waals surface area contributed by atoms with E-state index in [0.717, 1.165) is 31.8 Å². The average molecular weight is 367 g/mol. The molecule has 0 radical (unpaired) electrons. The van der Waals surface area contributed by atoms with Crippen molar-refractivity contribution in [2.45, 2.75) is 31.3 Å². The van der Waals surface area contributed by atoms with Gasteiger partial charge in [-0.05, 0) is 30.5 Å². The summed E-state index contributed by atoms with van der Waals surface area (Å²) in [5.74, 6) is 0.842. The molecule has 1 aromatic rings. The zero-order chi connectivity index (χ0) is 18.9. The molecule has 0 spiro atoms. The number of carbonyl (C=O) groups is 1. The molecule has 2 rings (SSSR count). The zero-order valence-corrected chi connectivity index (χ0v) is 15.6. The number of hydrogen-bond acceptors (Lipinski definition) is 7. The number of amides is 1. The van der Waals surface area contributed by atoms with Crippen molar-refractivity contribution in [1.29, 1.82) is 0 Å². The van der Waals surface area contributed by atoms with Gasteiger partial charge in [-0.2, -0.15) is 0 Å². The summed E-state index contributed by atoms with van der Waals surface area (Å²) in [6.45, 7) is 2.30. The maximum absolute atomic E-state index is 11.6. The Morgan fingerprint density at radius 1 is 1.31 bits per heavy atom. The third-order valence-electron chi connectivity index (χ3n) is 4.49. The van der Waals surface area contributed by atoms with Crippen LogP contribution in [0.25, 0.3) is 0 Å². The minimum absolute atomic E-state index is 0.00818. The van der Waals surface area contributed by atoms with Crippen LogP contribution in [0.1, 0.15) is 12.0 Å². The fraction of sp³-hybridized carbons (Fsp3) is 0.611. The second-order valence-electron chi connectivity index (χ2n) is 6.38. The Bertz CT molecular complexity index is 572. The van der Waals surface area contributed by atoms with E-state index in [2.05, 4.69) is 21.6 Å². The molecule has 1 heterocycles. The summed E-state index contributed by atoms with van der Waals surface area (Å²) < 4.78 is 14.9. The molecule has 1 saturated heterocycles. The molecular weight excluding hydrogens is 338 g/mol. The van der Waals surface area contributed by atoms with Gasteiger partial charge in [0.2, 0.25) is 6.41 Å². The van der Waals surface area contributed by atoms with Crippen molar-refractivity contribution in [2.75, 3.05) is 41.0 Å². The minimum atomic E-state index is -1.03. The van der Waals surface area contributed by atoms with Crippen LogP contribution >= 0.6 is 0 Å². The molecule has 3 atom stereocenters. The van der Waals surface area contributed by atoms with Crippen molar-refractivity contribution in [2.24, 2.45) is 0 Å². The lowest BCUT2D eigenvalue weighted by Crippen LogP contribution is -2.58. The first-order valence-electron chi connectivity index (χ1n) is 8.70. The van der Waals surface area contributed by atoms with Gasteiger partial charge in [-0.3, -0.25) is 10.2 Å². The van der Waals surface area contributed by atoms with Crippen LogP contribution in [0.3, 0.4) is 0 Å². The van der Waals surface area contributed by atoms with Crippen LogP contribution in [0, 0.1) is 0 Å². The van der Waals surface area contributed by atoms with Gasteiger partial charge in [0, 0.05) is 38.8 Å². The van der Waals surface area contributed by atoms with Gasteiger partial charge in [0.25, 0.3) is 0 Å². The second-order valence-corrected chi connectivity index (χ2v) is 6.38. The topological polar surface area (TPSA) is 92.3 Å². The SMILES string of the molecule is COC(=O)NC1CC(NC(O)OC)CN(CCc2cccc(OC)c2)C1. The molecule has 146 valence electrons. The monoisotopic (exact) mass is 367 g/mol. The first-order chi connectivity index (χ1) is 12.5. The summed E-state index contributed by atoms with van der Waals surface area (Å²) in [5, 5.41) is 15.6. The summed E-state index contributed by atoms with van der Waals surface area (Å²) in [6.07, 6.45) is 0.0696. The van der Waals surface area contributed by atoms with Crippen LogP contribution in [0.5, 0.6) is 5.75 Å². The van der Waals surface area contributed by atoms with Crippen molar-refractivity contribution < 1.29 is 24.1 Å². The molecule has 3 unspecified atom stereocenters. The van der Waals surface area contributed by atoms with Gasteiger partial charge in [-0.1, -0.05) is 12.1 Å². The fourth-order valence-corrected chi connectivity index (χ4v) is 3.21. The first-order valence-corrected chi connectivity index (χ1v) is 8.70. The molecule has 0 aromatic heterocycles. The van der Waals surface area contributed by atoms with Gasteiger partial charge in [0.15, 0.2) is 0 Å². The van der Waals surface area contributed by atoms with Crippen molar-refractivity contribution in [1.82, 2.24) is 15.5 Å². The molecule has 1 amide bonds. The number of nitrogens with one attached hydrogen (secondary N) is 2. The summed E-state index contributed by atoms with van der Waals surface area (Å²) in [7, 11) is 4.44. The Morgan fingerprint density at radius 3 is 2.77 bits per heavy atom. The fourth-order valence-electron chi connectivity index (χ4n) is 3.21. The normalized spacial score (nSPS) is 21.8. The van der Waals surface area contributed by atoms with Crippen molar-refractivity contribution >= 4 is 6.09 Å². The maximum atomic E-state index is 11.6. The molecule has 1 aliphatic heterocycles. The highest BCUT2D eigenvalue weighted by Gasteiger charge is 2.29. The molecule has 0 bridgehead atoms. The number of methoxy groups -OCH3 is 3. The maximum Gasteiger partial charge on any atom is 0.407 e. The predicted molar refractivity (Wildman–Crippen MR) is 97.0 cm³/mol. The summed E-state index contributed by atoms with van der Waals surface area (Å²) >= 11 is 0. The van der Waals surface area contributed by atoms with E-state index in [1.807, 2.05) is 18.2 Å². The van der Waals surface area contributed by atoms with Crippen molar-refractivity contribution in [3.63, 3.8) is 0 Å². The number of rotatable bonds is 8. The van der Waals surface area contributed by atoms with E-state index >= 15 is 0 Å². The summed E-state index contributed by atoms with van der Waals surface area (Å²) in [5.41, 5.74) is 1.19. The Morgan fingerprint density at radius 2 is 2.08 bits per heavy atom. The summed E-state index contributed by atoms with van der Waals surface area (Å²) in [6, 6.07) is 7.92. The number of benzene rings is 1. The molecule has 1 fully saturated rings. The summed E-state index contributed by atoms with van der Waals surface area (Å²) in [4.78, 5) is 13.8. The van der Waals surface area contributed by atoms with Gasteiger partial charge in [0.05, 0.1) is 14.2 Å². The smallest absolute Gasteiger partial charge is 0.407 e. The largest absolute Gasteiger partial charge is 0.497 e. The lowest BCUT2D eigenvalue weighted by molar-refractivity contribution is -0.107. The van der Waals surface area contributed by atoms with Gasteiger partial charge >= 0.3 is 6.09 Å². The highest BCUT2D eigenvalue weighted by Crippen LogP contribution is 2.16. The average Bonchev–Trinajstić information content (AvgIpc) is 2.66. The Kier molecular flexibility index (Phi) is 8.11. The highest BCUT2D eigenvalue weighted by molar-refractivity contribution is 5.67. The number of carbonyl (C=O) groups excluding carboxylic acids is 1. The number of aliphatic hydroxyl groups excluding tert-OH is 1. The van der Waals surface area contributed by atoms with E-state index in [1.165, 1.54) is 19.8 Å². The molecule has 1 aliphatic rings. The first kappa shape index (κ1) is 20.4. The third-order valence-corrected chi connectivity index (χ3v) is 4.49. The van der Waals surface area contributed by atoms with E-state index in [0.29, 0.717) is 6.42 Å².